The predicted octanol–water partition coefficient (Wildman–Crippen LogP) is 4.03. The number of nitrogens with zero attached hydrogens (tertiary/aromatic N) is 1. The molecule has 0 aliphatic carbocycles. The zero-order valence-electron chi connectivity index (χ0n) is 10.3. The van der Waals surface area contributed by atoms with Gasteiger partial charge in [-0.2, -0.15) is 0 Å². The van der Waals surface area contributed by atoms with Crippen LogP contribution in [0.15, 0.2) is 36.5 Å². The lowest BCUT2D eigenvalue weighted by molar-refractivity contribution is 0.545. The van der Waals surface area contributed by atoms with E-state index < -0.39 is 0 Å². The Morgan fingerprint density at radius 1 is 1.32 bits per heavy atom. The van der Waals surface area contributed by atoms with Gasteiger partial charge in [0, 0.05) is 11.2 Å². The van der Waals surface area contributed by atoms with Crippen LogP contribution in [0.3, 0.4) is 0 Å². The Labute approximate surface area is 121 Å². The first-order chi connectivity index (χ1) is 9.11. The van der Waals surface area contributed by atoms with Crippen LogP contribution in [0.1, 0.15) is 17.3 Å². The fourth-order valence-corrected chi connectivity index (χ4v) is 2.31. The minimum Gasteiger partial charge on any atom is -0.311 e. The highest BCUT2D eigenvalue weighted by Crippen LogP contribution is 2.25. The zero-order chi connectivity index (χ0) is 13.8. The Balaban J connectivity index is 2.27. The van der Waals surface area contributed by atoms with Crippen LogP contribution in [0.4, 0.5) is 4.39 Å². The fourth-order valence-electron chi connectivity index (χ4n) is 1.90. The summed E-state index contributed by atoms with van der Waals surface area (Å²) in [6.07, 6.45) is 2.13. The number of hydrogen-bond donors (Lipinski definition) is 1. The molecule has 0 spiro atoms. The molecule has 0 bridgehead atoms. The monoisotopic (exact) mass is 298 g/mol. The van der Waals surface area contributed by atoms with E-state index >= 15 is 0 Å². The van der Waals surface area contributed by atoms with E-state index in [-0.39, 0.29) is 11.9 Å². The van der Waals surface area contributed by atoms with Gasteiger partial charge < -0.3 is 5.32 Å². The van der Waals surface area contributed by atoms with Gasteiger partial charge in [0.2, 0.25) is 0 Å². The number of likely N-dealkylation sites (N-methyl/N-ethyl adjacent to an activating group) is 1. The molecule has 0 aliphatic rings. The summed E-state index contributed by atoms with van der Waals surface area (Å²) in [7, 11) is 1.80. The van der Waals surface area contributed by atoms with Crippen molar-refractivity contribution in [1.29, 1.82) is 0 Å². The number of nitrogens with one attached hydrogen (secondary N) is 1. The molecule has 1 N–H and O–H groups in total. The molecule has 0 radical (unpaired) electrons. The van der Waals surface area contributed by atoms with E-state index in [1.54, 1.807) is 37.5 Å². The molecule has 2 nitrogen and oxygen atoms in total. The lowest BCUT2D eigenvalue weighted by Gasteiger charge is -2.17. The maximum Gasteiger partial charge on any atom is 0.127 e. The Morgan fingerprint density at radius 3 is 2.74 bits per heavy atom. The highest BCUT2D eigenvalue weighted by Gasteiger charge is 2.16. The van der Waals surface area contributed by atoms with E-state index in [1.165, 1.54) is 6.07 Å². The average Bonchev–Trinajstić information content (AvgIpc) is 2.39. The van der Waals surface area contributed by atoms with Crippen LogP contribution in [-0.2, 0) is 6.42 Å². The van der Waals surface area contributed by atoms with Crippen LogP contribution in [0, 0.1) is 5.82 Å². The van der Waals surface area contributed by atoms with Gasteiger partial charge >= 0.3 is 0 Å². The maximum absolute atomic E-state index is 13.8. The minimum atomic E-state index is -0.320. The van der Waals surface area contributed by atoms with Crippen molar-refractivity contribution >= 4 is 23.2 Å². The van der Waals surface area contributed by atoms with Crippen molar-refractivity contribution in [2.24, 2.45) is 0 Å². The second-order valence-corrected chi connectivity index (χ2v) is 5.00. The molecule has 19 heavy (non-hydrogen) atoms. The van der Waals surface area contributed by atoms with Gasteiger partial charge in [0.1, 0.15) is 5.82 Å². The van der Waals surface area contributed by atoms with Crippen molar-refractivity contribution < 1.29 is 4.39 Å². The second-order valence-electron chi connectivity index (χ2n) is 4.15. The van der Waals surface area contributed by atoms with Crippen LogP contribution >= 0.6 is 23.2 Å². The summed E-state index contributed by atoms with van der Waals surface area (Å²) >= 11 is 11.9. The summed E-state index contributed by atoms with van der Waals surface area (Å²) in [5, 5.41) is 4.06. The second kappa shape index (κ2) is 6.33. The van der Waals surface area contributed by atoms with Crippen LogP contribution < -0.4 is 5.32 Å². The third-order valence-electron chi connectivity index (χ3n) is 2.90. The van der Waals surface area contributed by atoms with E-state index in [1.807, 2.05) is 0 Å². The molecule has 0 aliphatic heterocycles. The number of pyridine rings is 1. The van der Waals surface area contributed by atoms with Crippen LogP contribution in [0.2, 0.25) is 10.0 Å². The Bertz CT molecular complexity index is 575. The highest BCUT2D eigenvalue weighted by atomic mass is 35.5. The summed E-state index contributed by atoms with van der Waals surface area (Å²) in [5.41, 5.74) is 1.28. The van der Waals surface area contributed by atoms with Crippen molar-refractivity contribution in [2.75, 3.05) is 7.05 Å². The summed E-state index contributed by atoms with van der Waals surface area (Å²) in [6.45, 7) is 0. The number of halogens is 3. The molecule has 100 valence electrons. The number of rotatable bonds is 4. The first-order valence-corrected chi connectivity index (χ1v) is 6.59. The molecule has 1 unspecified atom stereocenters. The third kappa shape index (κ3) is 3.44. The molecular formula is C14H13Cl2FN2. The molecule has 0 fully saturated rings. The normalized spacial score (nSPS) is 12.4. The van der Waals surface area contributed by atoms with Crippen molar-refractivity contribution in [2.45, 2.75) is 12.5 Å². The Morgan fingerprint density at radius 2 is 2.11 bits per heavy atom. The van der Waals surface area contributed by atoms with Crippen molar-refractivity contribution in [3.8, 4) is 0 Å². The van der Waals surface area contributed by atoms with E-state index in [2.05, 4.69) is 10.3 Å². The SMILES string of the molecule is CNC(Cc1ccc(Cl)cc1F)c1ncccc1Cl. The van der Waals surface area contributed by atoms with Gasteiger partial charge in [-0.1, -0.05) is 29.3 Å². The summed E-state index contributed by atoms with van der Waals surface area (Å²) in [5.74, 6) is -0.320. The van der Waals surface area contributed by atoms with Gasteiger partial charge in [-0.15, -0.1) is 0 Å². The molecule has 2 rings (SSSR count). The Kier molecular flexibility index (Phi) is 4.75. The first kappa shape index (κ1) is 14.3. The number of benzene rings is 1. The van der Waals surface area contributed by atoms with Gasteiger partial charge in [-0.05, 0) is 43.3 Å². The molecular weight excluding hydrogens is 286 g/mol. The first-order valence-electron chi connectivity index (χ1n) is 5.83. The highest BCUT2D eigenvalue weighted by molar-refractivity contribution is 6.31. The van der Waals surface area contributed by atoms with Gasteiger partial charge in [0.05, 0.1) is 16.8 Å². The molecule has 1 aromatic heterocycles. The van der Waals surface area contributed by atoms with Crippen molar-refractivity contribution in [3.05, 3.63) is 63.6 Å². The van der Waals surface area contributed by atoms with Crippen LogP contribution in [0.25, 0.3) is 0 Å². The van der Waals surface area contributed by atoms with E-state index in [4.69, 9.17) is 23.2 Å². The smallest absolute Gasteiger partial charge is 0.127 e. The molecule has 2 aromatic rings. The largest absolute Gasteiger partial charge is 0.311 e. The van der Waals surface area contributed by atoms with Crippen molar-refractivity contribution in [3.63, 3.8) is 0 Å². The summed E-state index contributed by atoms with van der Waals surface area (Å²) in [6, 6.07) is 8.05. The van der Waals surface area contributed by atoms with Gasteiger partial charge in [0.15, 0.2) is 0 Å². The average molecular weight is 299 g/mol. The minimum absolute atomic E-state index is 0.149. The third-order valence-corrected chi connectivity index (χ3v) is 3.46. The molecule has 1 aromatic carbocycles. The van der Waals surface area contributed by atoms with E-state index in [0.717, 1.165) is 0 Å². The lowest BCUT2D eigenvalue weighted by atomic mass is 10.0. The zero-order valence-corrected chi connectivity index (χ0v) is 11.8. The van der Waals surface area contributed by atoms with Crippen LogP contribution in [0.5, 0.6) is 0 Å². The van der Waals surface area contributed by atoms with E-state index in [9.17, 15) is 4.39 Å². The maximum atomic E-state index is 13.8. The van der Waals surface area contributed by atoms with Gasteiger partial charge in [0.25, 0.3) is 0 Å². The summed E-state index contributed by atoms with van der Waals surface area (Å²) < 4.78 is 13.8. The van der Waals surface area contributed by atoms with Gasteiger partial charge in [-0.25, -0.2) is 4.39 Å². The van der Waals surface area contributed by atoms with Gasteiger partial charge in [-0.3, -0.25) is 4.98 Å². The number of hydrogen-bond acceptors (Lipinski definition) is 2. The molecule has 0 amide bonds. The molecule has 5 heteroatoms. The summed E-state index contributed by atoms with van der Waals surface area (Å²) in [4.78, 5) is 4.25. The standard InChI is InChI=1S/C14H13Cl2FN2/c1-18-13(14-11(16)3-2-6-19-14)7-9-4-5-10(15)8-12(9)17/h2-6,8,13,18H,7H2,1H3. The lowest BCUT2D eigenvalue weighted by Crippen LogP contribution is -2.21. The topological polar surface area (TPSA) is 24.9 Å². The van der Waals surface area contributed by atoms with E-state index in [0.29, 0.717) is 27.7 Å². The molecule has 1 atom stereocenters. The molecule has 1 heterocycles. The molecule has 0 saturated heterocycles. The quantitative estimate of drug-likeness (QED) is 0.922. The van der Waals surface area contributed by atoms with Crippen molar-refractivity contribution in [1.82, 2.24) is 10.3 Å². The Hall–Kier alpha value is -1.16. The number of aromatic nitrogens is 1. The fraction of sp³-hybridized carbons (Fsp3) is 0.214. The van der Waals surface area contributed by atoms with Crippen LogP contribution in [-0.4, -0.2) is 12.0 Å². The predicted molar refractivity (Wildman–Crippen MR) is 76.2 cm³/mol. The molecule has 0 saturated carbocycles.